The number of carbonyl (C=O) groups is 1. The summed E-state index contributed by atoms with van der Waals surface area (Å²) >= 11 is 0. The van der Waals surface area contributed by atoms with Crippen LogP contribution >= 0.6 is 0 Å². The van der Waals surface area contributed by atoms with Gasteiger partial charge in [0.15, 0.2) is 0 Å². The molecule has 2 amide bonds. The third-order valence-corrected chi connectivity index (χ3v) is 5.87. The molecule has 28 heavy (non-hydrogen) atoms. The van der Waals surface area contributed by atoms with Gasteiger partial charge in [-0.15, -0.1) is 0 Å². The number of urea groups is 1. The molecule has 0 radical (unpaired) electrons. The largest absolute Gasteiger partial charge is 0.395 e. The van der Waals surface area contributed by atoms with Gasteiger partial charge in [0.2, 0.25) is 0 Å². The maximum atomic E-state index is 13.2. The molecule has 0 spiro atoms. The number of nitrogens with zero attached hydrogens (tertiary/aromatic N) is 2. The van der Waals surface area contributed by atoms with Crippen molar-refractivity contribution >= 4 is 11.7 Å². The lowest BCUT2D eigenvalue weighted by Gasteiger charge is -2.59. The van der Waals surface area contributed by atoms with E-state index in [1.807, 2.05) is 30.0 Å². The number of aliphatic hydroxyl groups excluding tert-OH is 1. The molecule has 2 aliphatic rings. The van der Waals surface area contributed by atoms with Crippen molar-refractivity contribution in [2.24, 2.45) is 0 Å². The monoisotopic (exact) mass is 383 g/mol. The number of benzene rings is 2. The first-order valence-corrected chi connectivity index (χ1v) is 9.89. The van der Waals surface area contributed by atoms with Crippen LogP contribution in [0.5, 0.6) is 0 Å². The normalized spacial score (nSPS) is 23.5. The van der Waals surface area contributed by atoms with Crippen molar-refractivity contribution in [3.63, 3.8) is 0 Å². The van der Waals surface area contributed by atoms with Gasteiger partial charge in [-0.1, -0.05) is 37.3 Å². The molecule has 2 aromatic rings. The first kappa shape index (κ1) is 18.9. The number of carbonyl (C=O) groups excluding carboxylic acids is 1. The second-order valence-corrected chi connectivity index (χ2v) is 7.54. The number of para-hydroxylation sites is 1. The van der Waals surface area contributed by atoms with Crippen LogP contribution < -0.4 is 10.2 Å². The Morgan fingerprint density at radius 1 is 1.21 bits per heavy atom. The molecule has 6 heteroatoms. The van der Waals surface area contributed by atoms with E-state index < -0.39 is 0 Å². The molecular weight excluding hydrogens is 357 g/mol. The molecular formula is C22H26FN3O2. The van der Waals surface area contributed by atoms with E-state index in [1.54, 1.807) is 12.1 Å². The minimum absolute atomic E-state index is 0.00273. The van der Waals surface area contributed by atoms with E-state index in [-0.39, 0.29) is 36.5 Å². The van der Waals surface area contributed by atoms with Gasteiger partial charge < -0.3 is 10.4 Å². The fraction of sp³-hybridized carbons (Fsp3) is 0.409. The average molecular weight is 383 g/mol. The van der Waals surface area contributed by atoms with E-state index in [1.165, 1.54) is 12.1 Å². The number of aliphatic hydroxyl groups is 1. The summed E-state index contributed by atoms with van der Waals surface area (Å²) in [6, 6.07) is 14.5. The molecule has 2 heterocycles. The summed E-state index contributed by atoms with van der Waals surface area (Å²) in [5, 5.41) is 13.0. The molecule has 2 aliphatic heterocycles. The van der Waals surface area contributed by atoms with Crippen LogP contribution in [0.2, 0.25) is 0 Å². The number of nitrogens with one attached hydrogen (secondary N) is 1. The van der Waals surface area contributed by atoms with Crippen molar-refractivity contribution in [2.75, 3.05) is 24.6 Å². The Bertz CT molecular complexity index is 842. The fourth-order valence-electron chi connectivity index (χ4n) is 4.52. The average Bonchev–Trinajstić information content (AvgIpc) is 2.71. The van der Waals surface area contributed by atoms with Crippen LogP contribution in [0.3, 0.4) is 0 Å². The number of halogens is 1. The quantitative estimate of drug-likeness (QED) is 0.834. The van der Waals surface area contributed by atoms with Gasteiger partial charge in [0.1, 0.15) is 5.82 Å². The van der Waals surface area contributed by atoms with Crippen molar-refractivity contribution in [1.29, 1.82) is 0 Å². The second kappa shape index (κ2) is 7.89. The van der Waals surface area contributed by atoms with Gasteiger partial charge >= 0.3 is 6.03 Å². The van der Waals surface area contributed by atoms with Crippen LogP contribution in [-0.2, 0) is 6.54 Å². The highest BCUT2D eigenvalue weighted by atomic mass is 19.1. The van der Waals surface area contributed by atoms with E-state index >= 15 is 0 Å². The molecule has 2 N–H and O–H groups in total. The van der Waals surface area contributed by atoms with Gasteiger partial charge in [0, 0.05) is 43.3 Å². The van der Waals surface area contributed by atoms with Crippen LogP contribution in [0.15, 0.2) is 48.5 Å². The summed E-state index contributed by atoms with van der Waals surface area (Å²) in [5.41, 5.74) is 3.04. The van der Waals surface area contributed by atoms with Crippen molar-refractivity contribution in [3.05, 3.63) is 65.5 Å². The molecule has 4 rings (SSSR count). The lowest BCUT2D eigenvalue weighted by Crippen LogP contribution is -2.69. The molecule has 5 nitrogen and oxygen atoms in total. The Morgan fingerprint density at radius 2 is 1.96 bits per heavy atom. The maximum Gasteiger partial charge on any atom is 0.321 e. The lowest BCUT2D eigenvalue weighted by atomic mass is 9.72. The summed E-state index contributed by atoms with van der Waals surface area (Å²) in [4.78, 5) is 16.8. The van der Waals surface area contributed by atoms with Gasteiger partial charge in [0.25, 0.3) is 0 Å². The molecule has 0 saturated carbocycles. The first-order chi connectivity index (χ1) is 13.6. The number of anilines is 1. The summed E-state index contributed by atoms with van der Waals surface area (Å²) < 4.78 is 13.2. The third kappa shape index (κ3) is 3.27. The van der Waals surface area contributed by atoms with E-state index in [0.29, 0.717) is 19.6 Å². The Balaban J connectivity index is 1.61. The van der Waals surface area contributed by atoms with Crippen LogP contribution in [0.25, 0.3) is 0 Å². The highest BCUT2D eigenvalue weighted by Gasteiger charge is 2.53. The SMILES string of the molecule is CCCNC(=O)N1C[C@@H]2[C@H](c3ccccc31)[C@@H](CO)N2Cc1ccc(F)cc1. The predicted octanol–water partition coefficient (Wildman–Crippen LogP) is 3.09. The number of rotatable bonds is 5. The Kier molecular flexibility index (Phi) is 5.33. The first-order valence-electron chi connectivity index (χ1n) is 9.89. The highest BCUT2D eigenvalue weighted by Crippen LogP contribution is 2.48. The second-order valence-electron chi connectivity index (χ2n) is 7.54. The molecule has 0 aromatic heterocycles. The molecule has 148 valence electrons. The summed E-state index contributed by atoms with van der Waals surface area (Å²) in [5.74, 6) is -0.0637. The molecule has 0 bridgehead atoms. The zero-order valence-electron chi connectivity index (χ0n) is 16.0. The van der Waals surface area contributed by atoms with Gasteiger partial charge in [0.05, 0.1) is 6.61 Å². The third-order valence-electron chi connectivity index (χ3n) is 5.87. The van der Waals surface area contributed by atoms with Crippen molar-refractivity contribution in [1.82, 2.24) is 10.2 Å². The number of hydrogen-bond donors (Lipinski definition) is 2. The Morgan fingerprint density at radius 3 is 2.68 bits per heavy atom. The van der Waals surface area contributed by atoms with Gasteiger partial charge in [-0.2, -0.15) is 0 Å². The van der Waals surface area contributed by atoms with Crippen LogP contribution in [0.1, 0.15) is 30.4 Å². The Labute approximate surface area is 164 Å². The van der Waals surface area contributed by atoms with Crippen molar-refractivity contribution < 1.29 is 14.3 Å². The molecule has 2 aromatic carbocycles. The summed E-state index contributed by atoms with van der Waals surface area (Å²) in [7, 11) is 0. The predicted molar refractivity (Wildman–Crippen MR) is 107 cm³/mol. The van der Waals surface area contributed by atoms with E-state index in [0.717, 1.165) is 23.2 Å². The lowest BCUT2D eigenvalue weighted by molar-refractivity contribution is -0.0485. The standard InChI is InChI=1S/C22H26FN3O2/c1-2-11-24-22(28)26-13-19-21(17-5-3-4-6-18(17)26)20(14-27)25(19)12-15-7-9-16(23)10-8-15/h3-10,19-21,27H,2,11-14H2,1H3,(H,24,28)/t19-,20-,21+/m1/s1. The molecule has 0 aliphatic carbocycles. The molecule has 0 unspecified atom stereocenters. The Hall–Kier alpha value is -2.44. The van der Waals surface area contributed by atoms with Gasteiger partial charge in [-0.25, -0.2) is 9.18 Å². The van der Waals surface area contributed by atoms with Crippen LogP contribution in [-0.4, -0.2) is 47.8 Å². The molecule has 1 saturated heterocycles. The zero-order valence-corrected chi connectivity index (χ0v) is 16.0. The molecule has 3 atom stereocenters. The van der Waals surface area contributed by atoms with Crippen molar-refractivity contribution in [2.45, 2.75) is 37.9 Å². The summed E-state index contributed by atoms with van der Waals surface area (Å²) in [6.45, 7) is 3.93. The fourth-order valence-corrected chi connectivity index (χ4v) is 4.52. The zero-order chi connectivity index (χ0) is 19.7. The van der Waals surface area contributed by atoms with E-state index in [4.69, 9.17) is 0 Å². The number of hydrogen-bond acceptors (Lipinski definition) is 3. The van der Waals surface area contributed by atoms with Crippen LogP contribution in [0, 0.1) is 5.82 Å². The topological polar surface area (TPSA) is 55.8 Å². The number of fused-ring (bicyclic) bond motifs is 3. The molecule has 1 fully saturated rings. The van der Waals surface area contributed by atoms with Gasteiger partial charge in [-0.05, 0) is 35.7 Å². The summed E-state index contributed by atoms with van der Waals surface area (Å²) in [6.07, 6.45) is 0.885. The highest BCUT2D eigenvalue weighted by molar-refractivity contribution is 5.94. The maximum absolute atomic E-state index is 13.2. The number of likely N-dealkylation sites (tertiary alicyclic amines) is 1. The number of amides is 2. The van der Waals surface area contributed by atoms with E-state index in [2.05, 4.69) is 16.3 Å². The van der Waals surface area contributed by atoms with Crippen molar-refractivity contribution in [3.8, 4) is 0 Å². The van der Waals surface area contributed by atoms with E-state index in [9.17, 15) is 14.3 Å². The van der Waals surface area contributed by atoms with Crippen LogP contribution in [0.4, 0.5) is 14.9 Å². The smallest absolute Gasteiger partial charge is 0.321 e. The minimum Gasteiger partial charge on any atom is -0.395 e. The van der Waals surface area contributed by atoms with Gasteiger partial charge in [-0.3, -0.25) is 9.80 Å². The minimum atomic E-state index is -0.255.